The Morgan fingerprint density at radius 2 is 1.14 bits per heavy atom. The van der Waals surface area contributed by atoms with Crippen LogP contribution in [0.3, 0.4) is 0 Å². The van der Waals surface area contributed by atoms with Crippen LogP contribution in [0, 0.1) is 6.92 Å². The summed E-state index contributed by atoms with van der Waals surface area (Å²) in [6, 6.07) is 14.8. The van der Waals surface area contributed by atoms with E-state index in [1.807, 2.05) is 41.5 Å². The van der Waals surface area contributed by atoms with Gasteiger partial charge in [-0.05, 0) is 23.3 Å². The summed E-state index contributed by atoms with van der Waals surface area (Å²) in [7, 11) is -3.92. The summed E-state index contributed by atoms with van der Waals surface area (Å²) in [6.07, 6.45) is 0.604. The lowest BCUT2D eigenvalue weighted by Crippen LogP contribution is -1.88. The molecule has 0 aliphatic carbocycles. The molecule has 0 N–H and O–H groups in total. The van der Waals surface area contributed by atoms with Crippen molar-refractivity contribution < 1.29 is 13.0 Å². The first-order valence-electron chi connectivity index (χ1n) is 7.73. The number of aryl methyl sites for hydroxylation is 1. The zero-order valence-electron chi connectivity index (χ0n) is 15.2. The summed E-state index contributed by atoms with van der Waals surface area (Å²) in [4.78, 5) is 0. The molecule has 0 heterocycles. The Morgan fingerprint density at radius 3 is 1.55 bits per heavy atom. The molecule has 128 valence electrons. The van der Waals surface area contributed by atoms with Gasteiger partial charge in [0.2, 0.25) is 0 Å². The van der Waals surface area contributed by atoms with Gasteiger partial charge in [0.1, 0.15) is 0 Å². The predicted molar refractivity (Wildman–Crippen MR) is 98.4 cm³/mol. The molecule has 0 saturated heterocycles. The fourth-order valence-corrected chi connectivity index (χ4v) is 1.39. The largest absolute Gasteiger partial charge is 0.748 e. The van der Waals surface area contributed by atoms with E-state index >= 15 is 0 Å². The molecule has 0 fully saturated rings. The first kappa shape index (κ1) is 25.6. The van der Waals surface area contributed by atoms with Crippen molar-refractivity contribution in [3.8, 4) is 0 Å². The zero-order valence-corrected chi connectivity index (χ0v) is 16.0. The van der Waals surface area contributed by atoms with Crippen molar-refractivity contribution in [2.24, 2.45) is 0 Å². The van der Waals surface area contributed by atoms with Crippen LogP contribution in [0.25, 0.3) is 10.8 Å². The third-order valence-corrected chi connectivity index (χ3v) is 2.01. The quantitative estimate of drug-likeness (QED) is 0.610. The standard InChI is InChI=1S/C11H10.3C2H6.CH4O3S/c1-9-5-4-7-10-6-2-3-8-11(9)10;3*1-2;1-5(2,3)4/h2-8H,1H3;3*1-2H3;1H3,(H,2,3,4)/p-1. The van der Waals surface area contributed by atoms with E-state index in [0.29, 0.717) is 6.26 Å². The first-order valence-corrected chi connectivity index (χ1v) is 9.55. The summed E-state index contributed by atoms with van der Waals surface area (Å²) in [5.41, 5.74) is 1.35. The van der Waals surface area contributed by atoms with E-state index in [9.17, 15) is 0 Å². The van der Waals surface area contributed by atoms with Gasteiger partial charge in [0.25, 0.3) is 0 Å². The number of benzene rings is 2. The van der Waals surface area contributed by atoms with Gasteiger partial charge in [0, 0.05) is 6.26 Å². The minimum absolute atomic E-state index is 0.604. The van der Waals surface area contributed by atoms with E-state index in [4.69, 9.17) is 13.0 Å². The molecule has 0 aliphatic heterocycles. The van der Waals surface area contributed by atoms with Crippen molar-refractivity contribution in [3.05, 3.63) is 48.0 Å². The molecule has 22 heavy (non-hydrogen) atoms. The fourth-order valence-electron chi connectivity index (χ4n) is 1.39. The van der Waals surface area contributed by atoms with Gasteiger partial charge in [-0.3, -0.25) is 0 Å². The molecule has 0 unspecified atom stereocenters. The highest BCUT2D eigenvalue weighted by Crippen LogP contribution is 2.16. The molecule has 0 saturated carbocycles. The van der Waals surface area contributed by atoms with Gasteiger partial charge in [0.05, 0.1) is 10.1 Å². The van der Waals surface area contributed by atoms with Crippen molar-refractivity contribution in [3.63, 3.8) is 0 Å². The smallest absolute Gasteiger partial charge is 0.0916 e. The van der Waals surface area contributed by atoms with Gasteiger partial charge in [0.15, 0.2) is 0 Å². The second-order valence-electron chi connectivity index (χ2n) is 3.50. The molecule has 0 atom stereocenters. The fraction of sp³-hybridized carbons (Fsp3) is 0.444. The summed E-state index contributed by atoms with van der Waals surface area (Å²) in [5, 5.41) is 2.68. The minimum atomic E-state index is -3.92. The van der Waals surface area contributed by atoms with Crippen molar-refractivity contribution in [2.45, 2.75) is 48.5 Å². The molecule has 0 bridgehead atoms. The maximum Gasteiger partial charge on any atom is 0.0916 e. The highest BCUT2D eigenvalue weighted by atomic mass is 32.2. The highest BCUT2D eigenvalue weighted by molar-refractivity contribution is 7.84. The monoisotopic (exact) mass is 327 g/mol. The number of fused-ring (bicyclic) bond motifs is 1. The van der Waals surface area contributed by atoms with E-state index in [-0.39, 0.29) is 0 Å². The summed E-state index contributed by atoms with van der Waals surface area (Å²) in [5.74, 6) is 0. The Labute approximate surface area is 137 Å². The molecule has 3 nitrogen and oxygen atoms in total. The zero-order chi connectivity index (χ0) is 18.2. The molecule has 0 aromatic heterocycles. The second kappa shape index (κ2) is 16.0. The third kappa shape index (κ3) is 15.0. The molecule has 4 heteroatoms. The van der Waals surface area contributed by atoms with Crippen LogP contribution in [-0.2, 0) is 10.1 Å². The van der Waals surface area contributed by atoms with Gasteiger partial charge in [-0.2, -0.15) is 0 Å². The SMILES string of the molecule is CC.CC.CC.CS(=O)(=O)[O-].Cc1cccc2ccccc12. The molecular formula is C18H31O3S-. The number of rotatable bonds is 0. The summed E-state index contributed by atoms with van der Waals surface area (Å²) in [6.45, 7) is 14.1. The molecular weight excluding hydrogens is 296 g/mol. The Balaban J connectivity index is -0.000000280. The number of hydrogen-bond donors (Lipinski definition) is 0. The second-order valence-corrected chi connectivity index (χ2v) is 4.91. The van der Waals surface area contributed by atoms with Crippen LogP contribution in [-0.4, -0.2) is 19.2 Å². The Bertz CT molecular complexity index is 562. The lowest BCUT2D eigenvalue weighted by molar-refractivity contribution is 0.470. The summed E-state index contributed by atoms with van der Waals surface area (Å²) < 4.78 is 27.2. The van der Waals surface area contributed by atoms with Gasteiger partial charge in [-0.25, -0.2) is 8.42 Å². The molecule has 0 aliphatic rings. The predicted octanol–water partition coefficient (Wildman–Crippen LogP) is 5.39. The van der Waals surface area contributed by atoms with Crippen LogP contribution in [0.1, 0.15) is 47.1 Å². The van der Waals surface area contributed by atoms with Crippen LogP contribution in [0.15, 0.2) is 42.5 Å². The van der Waals surface area contributed by atoms with Crippen LogP contribution in [0.4, 0.5) is 0 Å². The third-order valence-electron chi connectivity index (χ3n) is 2.01. The van der Waals surface area contributed by atoms with Crippen LogP contribution in [0.5, 0.6) is 0 Å². The minimum Gasteiger partial charge on any atom is -0.748 e. The van der Waals surface area contributed by atoms with Crippen molar-refractivity contribution in [1.29, 1.82) is 0 Å². The van der Waals surface area contributed by atoms with Gasteiger partial charge < -0.3 is 4.55 Å². The highest BCUT2D eigenvalue weighted by Gasteiger charge is 1.92. The molecule has 2 aromatic rings. The molecule has 0 amide bonds. The average Bonchev–Trinajstić information content (AvgIpc) is 2.52. The molecule has 0 radical (unpaired) electrons. The lowest BCUT2D eigenvalue weighted by atomic mass is 10.1. The van der Waals surface area contributed by atoms with Gasteiger partial charge in [-0.1, -0.05) is 84.0 Å². The topological polar surface area (TPSA) is 57.2 Å². The van der Waals surface area contributed by atoms with E-state index in [2.05, 4.69) is 49.4 Å². The Hall–Kier alpha value is -1.39. The summed E-state index contributed by atoms with van der Waals surface area (Å²) >= 11 is 0. The van der Waals surface area contributed by atoms with Crippen molar-refractivity contribution >= 4 is 20.9 Å². The van der Waals surface area contributed by atoms with Crippen molar-refractivity contribution in [1.82, 2.24) is 0 Å². The van der Waals surface area contributed by atoms with E-state index in [0.717, 1.165) is 0 Å². The first-order chi connectivity index (χ1) is 10.4. The average molecular weight is 328 g/mol. The van der Waals surface area contributed by atoms with E-state index < -0.39 is 10.1 Å². The van der Waals surface area contributed by atoms with Crippen LogP contribution >= 0.6 is 0 Å². The van der Waals surface area contributed by atoms with E-state index in [1.165, 1.54) is 16.3 Å². The van der Waals surface area contributed by atoms with Crippen LogP contribution < -0.4 is 0 Å². The number of hydrogen-bond acceptors (Lipinski definition) is 3. The maximum atomic E-state index is 9.08. The molecule has 2 aromatic carbocycles. The van der Waals surface area contributed by atoms with Gasteiger partial charge >= 0.3 is 0 Å². The van der Waals surface area contributed by atoms with Gasteiger partial charge in [-0.15, -0.1) is 0 Å². The lowest BCUT2D eigenvalue weighted by Gasteiger charge is -1.98. The van der Waals surface area contributed by atoms with Crippen LogP contribution in [0.2, 0.25) is 0 Å². The Morgan fingerprint density at radius 1 is 0.773 bits per heavy atom. The molecule has 2 rings (SSSR count). The van der Waals surface area contributed by atoms with Crippen molar-refractivity contribution in [2.75, 3.05) is 6.26 Å². The Kier molecular flexibility index (Phi) is 18.6. The molecule has 0 spiro atoms. The normalized spacial score (nSPS) is 8.59. The van der Waals surface area contributed by atoms with E-state index in [1.54, 1.807) is 0 Å². The maximum absolute atomic E-state index is 9.08.